The standard InChI is InChI=1S/C14H17N/c1-14(2,10-15)13-9-5-7-11-6-3-4-8-12(11)13/h3-9H,10,15H2,1-2H3. The van der Waals surface area contributed by atoms with E-state index in [4.69, 9.17) is 5.73 Å². The highest BCUT2D eigenvalue weighted by Crippen LogP contribution is 2.29. The van der Waals surface area contributed by atoms with Crippen molar-refractivity contribution in [3.63, 3.8) is 0 Å². The van der Waals surface area contributed by atoms with Crippen LogP contribution < -0.4 is 5.73 Å². The molecule has 15 heavy (non-hydrogen) atoms. The molecule has 0 atom stereocenters. The summed E-state index contributed by atoms with van der Waals surface area (Å²) < 4.78 is 0. The second-order valence-electron chi connectivity index (χ2n) is 4.61. The first-order chi connectivity index (χ1) is 7.15. The molecule has 0 aliphatic heterocycles. The molecular weight excluding hydrogens is 182 g/mol. The Morgan fingerprint density at radius 1 is 1.00 bits per heavy atom. The predicted molar refractivity (Wildman–Crippen MR) is 66.0 cm³/mol. The monoisotopic (exact) mass is 199 g/mol. The fraction of sp³-hybridized carbons (Fsp3) is 0.286. The smallest absolute Gasteiger partial charge is 0.00252 e. The molecule has 1 heteroatoms. The second-order valence-corrected chi connectivity index (χ2v) is 4.61. The zero-order valence-corrected chi connectivity index (χ0v) is 9.33. The molecule has 0 fully saturated rings. The minimum atomic E-state index is 0.0425. The van der Waals surface area contributed by atoms with Crippen molar-refractivity contribution in [2.24, 2.45) is 5.73 Å². The van der Waals surface area contributed by atoms with E-state index >= 15 is 0 Å². The van der Waals surface area contributed by atoms with E-state index in [0.29, 0.717) is 6.54 Å². The molecule has 0 aromatic heterocycles. The molecule has 2 aromatic carbocycles. The second kappa shape index (κ2) is 3.67. The molecule has 0 bridgehead atoms. The molecule has 2 rings (SSSR count). The van der Waals surface area contributed by atoms with Crippen molar-refractivity contribution in [3.05, 3.63) is 48.0 Å². The lowest BCUT2D eigenvalue weighted by Crippen LogP contribution is -2.28. The zero-order valence-electron chi connectivity index (χ0n) is 9.33. The molecule has 2 N–H and O–H groups in total. The summed E-state index contributed by atoms with van der Waals surface area (Å²) in [4.78, 5) is 0. The van der Waals surface area contributed by atoms with Gasteiger partial charge in [0.05, 0.1) is 0 Å². The van der Waals surface area contributed by atoms with Gasteiger partial charge in [-0.1, -0.05) is 56.3 Å². The van der Waals surface area contributed by atoms with Crippen LogP contribution in [0.4, 0.5) is 0 Å². The van der Waals surface area contributed by atoms with E-state index in [1.165, 1.54) is 16.3 Å². The number of hydrogen-bond donors (Lipinski definition) is 1. The summed E-state index contributed by atoms with van der Waals surface area (Å²) in [6.07, 6.45) is 0. The summed E-state index contributed by atoms with van der Waals surface area (Å²) in [6.45, 7) is 5.05. The number of nitrogens with two attached hydrogens (primary N) is 1. The Labute approximate surface area is 90.9 Å². The van der Waals surface area contributed by atoms with Gasteiger partial charge in [-0.25, -0.2) is 0 Å². The van der Waals surface area contributed by atoms with Gasteiger partial charge < -0.3 is 5.73 Å². The Morgan fingerprint density at radius 3 is 2.40 bits per heavy atom. The fourth-order valence-electron chi connectivity index (χ4n) is 1.93. The molecular formula is C14H17N. The average Bonchev–Trinajstić information content (AvgIpc) is 2.28. The molecule has 0 saturated heterocycles. The van der Waals surface area contributed by atoms with E-state index in [1.807, 2.05) is 0 Å². The van der Waals surface area contributed by atoms with Crippen LogP contribution in [0.3, 0.4) is 0 Å². The number of benzene rings is 2. The van der Waals surface area contributed by atoms with Crippen LogP contribution in [0.1, 0.15) is 19.4 Å². The van der Waals surface area contributed by atoms with Crippen molar-refractivity contribution in [1.82, 2.24) is 0 Å². The van der Waals surface area contributed by atoms with Crippen LogP contribution in [0.25, 0.3) is 10.8 Å². The van der Waals surface area contributed by atoms with E-state index in [-0.39, 0.29) is 5.41 Å². The molecule has 0 spiro atoms. The van der Waals surface area contributed by atoms with Crippen molar-refractivity contribution in [2.75, 3.05) is 6.54 Å². The Bertz CT molecular complexity index is 466. The minimum Gasteiger partial charge on any atom is -0.330 e. The van der Waals surface area contributed by atoms with E-state index in [9.17, 15) is 0 Å². The third-order valence-corrected chi connectivity index (χ3v) is 3.03. The Balaban J connectivity index is 2.71. The summed E-state index contributed by atoms with van der Waals surface area (Å²) in [6, 6.07) is 14.9. The SMILES string of the molecule is CC(C)(CN)c1cccc2ccccc12. The van der Waals surface area contributed by atoms with Crippen LogP contribution in [0.5, 0.6) is 0 Å². The molecule has 2 aromatic rings. The van der Waals surface area contributed by atoms with Gasteiger partial charge in [0.1, 0.15) is 0 Å². The maximum Gasteiger partial charge on any atom is 0.00252 e. The van der Waals surface area contributed by atoms with Crippen molar-refractivity contribution in [2.45, 2.75) is 19.3 Å². The van der Waals surface area contributed by atoms with Crippen LogP contribution in [0, 0.1) is 0 Å². The maximum atomic E-state index is 5.83. The highest BCUT2D eigenvalue weighted by Gasteiger charge is 2.20. The lowest BCUT2D eigenvalue weighted by molar-refractivity contribution is 0.544. The van der Waals surface area contributed by atoms with Gasteiger partial charge in [-0.15, -0.1) is 0 Å². The normalized spacial score (nSPS) is 11.9. The molecule has 0 aliphatic rings. The summed E-state index contributed by atoms with van der Waals surface area (Å²) in [5.74, 6) is 0. The van der Waals surface area contributed by atoms with Gasteiger partial charge in [0.25, 0.3) is 0 Å². The van der Waals surface area contributed by atoms with E-state index in [2.05, 4.69) is 56.3 Å². The molecule has 78 valence electrons. The fourth-order valence-corrected chi connectivity index (χ4v) is 1.93. The Kier molecular flexibility index (Phi) is 2.49. The summed E-state index contributed by atoms with van der Waals surface area (Å²) in [5.41, 5.74) is 7.21. The van der Waals surface area contributed by atoms with Crippen LogP contribution in [-0.4, -0.2) is 6.54 Å². The van der Waals surface area contributed by atoms with Crippen LogP contribution >= 0.6 is 0 Å². The van der Waals surface area contributed by atoms with Crippen LogP contribution in [-0.2, 0) is 5.41 Å². The Morgan fingerprint density at radius 2 is 1.67 bits per heavy atom. The summed E-state index contributed by atoms with van der Waals surface area (Å²) in [5, 5.41) is 2.60. The van der Waals surface area contributed by atoms with Crippen molar-refractivity contribution in [1.29, 1.82) is 0 Å². The topological polar surface area (TPSA) is 26.0 Å². The molecule has 0 heterocycles. The summed E-state index contributed by atoms with van der Waals surface area (Å²) >= 11 is 0. The third kappa shape index (κ3) is 1.75. The van der Waals surface area contributed by atoms with Crippen molar-refractivity contribution < 1.29 is 0 Å². The first kappa shape index (κ1) is 10.2. The first-order valence-electron chi connectivity index (χ1n) is 5.33. The average molecular weight is 199 g/mol. The van der Waals surface area contributed by atoms with Gasteiger partial charge in [0.2, 0.25) is 0 Å². The molecule has 1 nitrogen and oxygen atoms in total. The van der Waals surface area contributed by atoms with E-state index in [1.54, 1.807) is 0 Å². The van der Waals surface area contributed by atoms with Gasteiger partial charge >= 0.3 is 0 Å². The molecule has 0 unspecified atom stereocenters. The largest absolute Gasteiger partial charge is 0.330 e. The van der Waals surface area contributed by atoms with Crippen molar-refractivity contribution in [3.8, 4) is 0 Å². The van der Waals surface area contributed by atoms with Gasteiger partial charge in [-0.2, -0.15) is 0 Å². The molecule has 0 saturated carbocycles. The highest BCUT2D eigenvalue weighted by molar-refractivity contribution is 5.86. The minimum absolute atomic E-state index is 0.0425. The third-order valence-electron chi connectivity index (χ3n) is 3.03. The van der Waals surface area contributed by atoms with Gasteiger partial charge in [-0.05, 0) is 16.3 Å². The predicted octanol–water partition coefficient (Wildman–Crippen LogP) is 3.08. The molecule has 0 radical (unpaired) electrons. The zero-order chi connectivity index (χ0) is 10.9. The first-order valence-corrected chi connectivity index (χ1v) is 5.33. The quantitative estimate of drug-likeness (QED) is 0.790. The number of fused-ring (bicyclic) bond motifs is 1. The highest BCUT2D eigenvalue weighted by atomic mass is 14.6. The van der Waals surface area contributed by atoms with Crippen molar-refractivity contribution >= 4 is 10.8 Å². The van der Waals surface area contributed by atoms with E-state index < -0.39 is 0 Å². The summed E-state index contributed by atoms with van der Waals surface area (Å²) in [7, 11) is 0. The number of rotatable bonds is 2. The van der Waals surface area contributed by atoms with E-state index in [0.717, 1.165) is 0 Å². The Hall–Kier alpha value is -1.34. The van der Waals surface area contributed by atoms with Gasteiger partial charge in [0, 0.05) is 12.0 Å². The van der Waals surface area contributed by atoms with Crippen LogP contribution in [0.2, 0.25) is 0 Å². The molecule has 0 amide bonds. The van der Waals surface area contributed by atoms with Crippen LogP contribution in [0.15, 0.2) is 42.5 Å². The molecule has 0 aliphatic carbocycles. The number of hydrogen-bond acceptors (Lipinski definition) is 1. The lowest BCUT2D eigenvalue weighted by Gasteiger charge is -2.24. The van der Waals surface area contributed by atoms with Gasteiger partial charge in [0.15, 0.2) is 0 Å². The maximum absolute atomic E-state index is 5.83. The van der Waals surface area contributed by atoms with Gasteiger partial charge in [-0.3, -0.25) is 0 Å². The lowest BCUT2D eigenvalue weighted by atomic mass is 9.82.